The van der Waals surface area contributed by atoms with E-state index in [1.165, 1.54) is 11.3 Å². The van der Waals surface area contributed by atoms with Gasteiger partial charge in [0.25, 0.3) is 0 Å². The zero-order valence-electron chi connectivity index (χ0n) is 10.2. The number of hydrogen-bond acceptors (Lipinski definition) is 2. The van der Waals surface area contributed by atoms with Crippen LogP contribution in [0.25, 0.3) is 11.0 Å². The topological polar surface area (TPSA) is 38.1 Å². The molecular formula is C13H17BrN2O. The molecule has 4 heteroatoms. The summed E-state index contributed by atoms with van der Waals surface area (Å²) in [5, 5.41) is 10.4. The Kier molecular flexibility index (Phi) is 3.84. The molecule has 0 atom stereocenters. The number of hydrogen-bond donors (Lipinski definition) is 1. The van der Waals surface area contributed by atoms with Crippen molar-refractivity contribution in [2.45, 2.75) is 26.2 Å². The molecule has 92 valence electrons. The first kappa shape index (κ1) is 12.6. The van der Waals surface area contributed by atoms with Gasteiger partial charge >= 0.3 is 0 Å². The van der Waals surface area contributed by atoms with Crippen LogP contribution in [0.15, 0.2) is 16.7 Å². The van der Waals surface area contributed by atoms with E-state index >= 15 is 0 Å². The van der Waals surface area contributed by atoms with E-state index in [1.807, 2.05) is 13.1 Å². The molecule has 0 radical (unpaired) electrons. The second kappa shape index (κ2) is 5.19. The fourth-order valence-electron chi connectivity index (χ4n) is 2.35. The van der Waals surface area contributed by atoms with Crippen molar-refractivity contribution in [1.29, 1.82) is 0 Å². The Labute approximate surface area is 110 Å². The summed E-state index contributed by atoms with van der Waals surface area (Å²) in [6.07, 6.45) is 2.83. The highest BCUT2D eigenvalue weighted by molar-refractivity contribution is 9.10. The minimum Gasteiger partial charge on any atom is -0.396 e. The van der Waals surface area contributed by atoms with Gasteiger partial charge in [-0.05, 0) is 46.5 Å². The van der Waals surface area contributed by atoms with Crippen LogP contribution in [0.1, 0.15) is 24.6 Å². The number of aliphatic hydroxyl groups is 1. The molecule has 2 heterocycles. The molecule has 0 saturated carbocycles. The van der Waals surface area contributed by atoms with Crippen molar-refractivity contribution in [3.05, 3.63) is 28.0 Å². The van der Waals surface area contributed by atoms with Gasteiger partial charge in [0.2, 0.25) is 0 Å². The highest BCUT2D eigenvalue weighted by Gasteiger charge is 2.14. The van der Waals surface area contributed by atoms with Crippen molar-refractivity contribution < 1.29 is 5.11 Å². The molecule has 0 aliphatic rings. The standard InChI is InChI=1S/C13H17BrN2O/c1-3-4-11-9(7-8-17)10-5-6-12(14)15-13(10)16(11)2/h5-6,17H,3-4,7-8H2,1-2H3. The Morgan fingerprint density at radius 1 is 1.35 bits per heavy atom. The third-order valence-corrected chi connectivity index (χ3v) is 3.53. The van der Waals surface area contributed by atoms with E-state index in [4.69, 9.17) is 0 Å². The number of nitrogens with zero attached hydrogens (tertiary/aromatic N) is 2. The maximum atomic E-state index is 9.20. The minimum absolute atomic E-state index is 0.186. The second-order valence-corrected chi connectivity index (χ2v) is 5.03. The van der Waals surface area contributed by atoms with Crippen LogP contribution in [-0.4, -0.2) is 21.3 Å². The molecule has 0 unspecified atom stereocenters. The lowest BCUT2D eigenvalue weighted by Crippen LogP contribution is -2.01. The summed E-state index contributed by atoms with van der Waals surface area (Å²) in [5.74, 6) is 0. The highest BCUT2D eigenvalue weighted by atomic mass is 79.9. The number of pyridine rings is 1. The van der Waals surface area contributed by atoms with E-state index in [9.17, 15) is 5.11 Å². The van der Waals surface area contributed by atoms with Crippen LogP contribution in [0.4, 0.5) is 0 Å². The Bertz CT molecular complexity index is 534. The van der Waals surface area contributed by atoms with Crippen LogP contribution in [0.5, 0.6) is 0 Å². The zero-order valence-corrected chi connectivity index (χ0v) is 11.8. The second-order valence-electron chi connectivity index (χ2n) is 4.21. The smallest absolute Gasteiger partial charge is 0.141 e. The Morgan fingerprint density at radius 2 is 2.12 bits per heavy atom. The van der Waals surface area contributed by atoms with E-state index in [-0.39, 0.29) is 6.61 Å². The number of aliphatic hydroxyl groups excluding tert-OH is 1. The zero-order chi connectivity index (χ0) is 12.4. The molecule has 0 aliphatic carbocycles. The molecule has 17 heavy (non-hydrogen) atoms. The fraction of sp³-hybridized carbons (Fsp3) is 0.462. The van der Waals surface area contributed by atoms with Crippen LogP contribution in [0.2, 0.25) is 0 Å². The average Bonchev–Trinajstić information content (AvgIpc) is 2.56. The van der Waals surface area contributed by atoms with Gasteiger partial charge < -0.3 is 9.67 Å². The van der Waals surface area contributed by atoms with Crippen molar-refractivity contribution in [1.82, 2.24) is 9.55 Å². The predicted octanol–water partition coefficient (Wildman–Crippen LogP) is 2.82. The summed E-state index contributed by atoms with van der Waals surface area (Å²) in [7, 11) is 2.05. The first-order valence-electron chi connectivity index (χ1n) is 5.92. The van der Waals surface area contributed by atoms with Crippen LogP contribution in [-0.2, 0) is 19.9 Å². The van der Waals surface area contributed by atoms with E-state index in [0.29, 0.717) is 6.42 Å². The molecule has 0 spiro atoms. The SMILES string of the molecule is CCCc1c(CCO)c2ccc(Br)nc2n1C. The summed E-state index contributed by atoms with van der Waals surface area (Å²) in [5.41, 5.74) is 3.53. The maximum absolute atomic E-state index is 9.20. The summed E-state index contributed by atoms with van der Waals surface area (Å²) >= 11 is 3.40. The molecule has 0 saturated heterocycles. The molecule has 3 nitrogen and oxygen atoms in total. The number of halogens is 1. The minimum atomic E-state index is 0.186. The average molecular weight is 297 g/mol. The molecule has 0 fully saturated rings. The number of aromatic nitrogens is 2. The van der Waals surface area contributed by atoms with E-state index in [0.717, 1.165) is 28.5 Å². The van der Waals surface area contributed by atoms with Gasteiger partial charge in [0.1, 0.15) is 10.3 Å². The Hall–Kier alpha value is -0.870. The van der Waals surface area contributed by atoms with Crippen LogP contribution in [0.3, 0.4) is 0 Å². The Morgan fingerprint density at radius 3 is 2.76 bits per heavy atom. The summed E-state index contributed by atoms with van der Waals surface area (Å²) in [6, 6.07) is 4.04. The molecule has 1 N–H and O–H groups in total. The van der Waals surface area contributed by atoms with E-state index in [1.54, 1.807) is 0 Å². The van der Waals surface area contributed by atoms with Gasteiger partial charge in [-0.2, -0.15) is 0 Å². The molecule has 0 bridgehead atoms. The van der Waals surface area contributed by atoms with E-state index in [2.05, 4.69) is 38.5 Å². The largest absolute Gasteiger partial charge is 0.396 e. The maximum Gasteiger partial charge on any atom is 0.141 e. The van der Waals surface area contributed by atoms with Crippen molar-refractivity contribution >= 4 is 27.0 Å². The molecule has 0 aliphatic heterocycles. The molecule has 2 aromatic heterocycles. The normalized spacial score (nSPS) is 11.3. The van der Waals surface area contributed by atoms with Crippen molar-refractivity contribution in [3.8, 4) is 0 Å². The van der Waals surface area contributed by atoms with Crippen LogP contribution < -0.4 is 0 Å². The Balaban J connectivity index is 2.68. The number of fused-ring (bicyclic) bond motifs is 1. The summed E-state index contributed by atoms with van der Waals surface area (Å²) in [6.45, 7) is 2.36. The number of rotatable bonds is 4. The molecule has 0 aromatic carbocycles. The first-order chi connectivity index (χ1) is 8.19. The monoisotopic (exact) mass is 296 g/mol. The lowest BCUT2D eigenvalue weighted by molar-refractivity contribution is 0.299. The van der Waals surface area contributed by atoms with Crippen molar-refractivity contribution in [3.63, 3.8) is 0 Å². The summed E-state index contributed by atoms with van der Waals surface area (Å²) in [4.78, 5) is 4.52. The number of aryl methyl sites for hydroxylation is 1. The van der Waals surface area contributed by atoms with Gasteiger partial charge in [-0.15, -0.1) is 0 Å². The first-order valence-corrected chi connectivity index (χ1v) is 6.71. The molecular weight excluding hydrogens is 280 g/mol. The highest BCUT2D eigenvalue weighted by Crippen LogP contribution is 2.27. The van der Waals surface area contributed by atoms with Crippen molar-refractivity contribution in [2.75, 3.05) is 6.61 Å². The molecule has 2 rings (SSSR count). The van der Waals surface area contributed by atoms with Gasteiger partial charge in [-0.25, -0.2) is 4.98 Å². The molecule has 2 aromatic rings. The van der Waals surface area contributed by atoms with Gasteiger partial charge in [-0.3, -0.25) is 0 Å². The summed E-state index contributed by atoms with van der Waals surface area (Å²) < 4.78 is 3.00. The predicted molar refractivity (Wildman–Crippen MR) is 73.2 cm³/mol. The van der Waals surface area contributed by atoms with Gasteiger partial charge in [-0.1, -0.05) is 13.3 Å². The van der Waals surface area contributed by atoms with Crippen LogP contribution >= 0.6 is 15.9 Å². The lowest BCUT2D eigenvalue weighted by atomic mass is 10.1. The quantitative estimate of drug-likeness (QED) is 0.881. The van der Waals surface area contributed by atoms with E-state index < -0.39 is 0 Å². The third kappa shape index (κ3) is 2.24. The van der Waals surface area contributed by atoms with Gasteiger partial charge in [0.05, 0.1) is 0 Å². The fourth-order valence-corrected chi connectivity index (χ4v) is 2.65. The van der Waals surface area contributed by atoms with Gasteiger partial charge in [0.15, 0.2) is 0 Å². The van der Waals surface area contributed by atoms with Gasteiger partial charge in [0, 0.05) is 24.7 Å². The lowest BCUT2D eigenvalue weighted by Gasteiger charge is -2.04. The third-order valence-electron chi connectivity index (χ3n) is 3.09. The van der Waals surface area contributed by atoms with Crippen LogP contribution in [0, 0.1) is 0 Å². The molecule has 0 amide bonds. The van der Waals surface area contributed by atoms with Crippen molar-refractivity contribution in [2.24, 2.45) is 7.05 Å².